The van der Waals surface area contributed by atoms with Crippen LogP contribution in [0.2, 0.25) is 5.15 Å². The van der Waals surface area contributed by atoms with Crippen molar-refractivity contribution in [3.05, 3.63) is 65.1 Å². The number of aryl methyl sites for hydroxylation is 1. The Morgan fingerprint density at radius 1 is 0.966 bits per heavy atom. The molecule has 0 fully saturated rings. The summed E-state index contributed by atoms with van der Waals surface area (Å²) in [6, 6.07) is 11.3. The highest BCUT2D eigenvalue weighted by Gasteiger charge is 2.25. The van der Waals surface area contributed by atoms with E-state index < -0.39 is 11.6 Å². The first-order chi connectivity index (χ1) is 13.9. The summed E-state index contributed by atoms with van der Waals surface area (Å²) >= 11 is 6.29. The van der Waals surface area contributed by atoms with Crippen LogP contribution < -0.4 is 9.47 Å². The Morgan fingerprint density at radius 3 is 2.31 bits per heavy atom. The van der Waals surface area contributed by atoms with Crippen LogP contribution in [0.4, 0.5) is 8.78 Å². The quantitative estimate of drug-likeness (QED) is 0.451. The number of fused-ring (bicyclic) bond motifs is 1. The van der Waals surface area contributed by atoms with Gasteiger partial charge in [0.05, 0.1) is 31.0 Å². The molecule has 0 aliphatic carbocycles. The summed E-state index contributed by atoms with van der Waals surface area (Å²) in [4.78, 5) is 8.83. The molecule has 2 aromatic heterocycles. The van der Waals surface area contributed by atoms with Gasteiger partial charge >= 0.3 is 0 Å². The van der Waals surface area contributed by atoms with Gasteiger partial charge in [-0.05, 0) is 19.1 Å². The summed E-state index contributed by atoms with van der Waals surface area (Å²) < 4.78 is 41.5. The summed E-state index contributed by atoms with van der Waals surface area (Å²) in [6.07, 6.45) is 0. The predicted octanol–water partition coefficient (Wildman–Crippen LogP) is 5.34. The first kappa shape index (κ1) is 19.1. The second kappa shape index (κ2) is 7.33. The van der Waals surface area contributed by atoms with Gasteiger partial charge in [0.1, 0.15) is 34.8 Å². The molecule has 4 aromatic rings. The zero-order valence-electron chi connectivity index (χ0n) is 15.8. The molecule has 0 unspecified atom stereocenters. The zero-order chi connectivity index (χ0) is 20.7. The van der Waals surface area contributed by atoms with Gasteiger partial charge in [-0.3, -0.25) is 4.57 Å². The number of methoxy groups -OCH3 is 2. The Morgan fingerprint density at radius 2 is 1.66 bits per heavy atom. The first-order valence-electron chi connectivity index (χ1n) is 8.67. The van der Waals surface area contributed by atoms with Gasteiger partial charge in [0.15, 0.2) is 5.15 Å². The van der Waals surface area contributed by atoms with Crippen molar-refractivity contribution in [2.45, 2.75) is 6.92 Å². The van der Waals surface area contributed by atoms with Crippen LogP contribution in [-0.2, 0) is 0 Å². The van der Waals surface area contributed by atoms with Crippen LogP contribution >= 0.6 is 11.6 Å². The molecule has 0 aliphatic heterocycles. The minimum atomic E-state index is -0.822. The largest absolute Gasteiger partial charge is 0.497 e. The summed E-state index contributed by atoms with van der Waals surface area (Å²) in [7, 11) is 2.88. The van der Waals surface area contributed by atoms with Gasteiger partial charge in [0, 0.05) is 23.6 Å². The van der Waals surface area contributed by atoms with Gasteiger partial charge in [-0.2, -0.15) is 0 Å². The van der Waals surface area contributed by atoms with Crippen molar-refractivity contribution in [1.29, 1.82) is 0 Å². The number of rotatable bonds is 4. The molecule has 0 aliphatic rings. The Kier molecular flexibility index (Phi) is 4.84. The number of benzene rings is 2. The van der Waals surface area contributed by atoms with E-state index in [1.807, 2.05) is 24.3 Å². The lowest BCUT2D eigenvalue weighted by Crippen LogP contribution is -2.05. The molecule has 29 heavy (non-hydrogen) atoms. The molecule has 0 N–H and O–H groups in total. The van der Waals surface area contributed by atoms with Crippen LogP contribution in [0.1, 0.15) is 5.82 Å². The monoisotopic (exact) mass is 415 g/mol. The molecular formula is C21H16ClF2N3O2. The molecule has 0 saturated carbocycles. The number of para-hydroxylation sites is 1. The van der Waals surface area contributed by atoms with Gasteiger partial charge in [-0.15, -0.1) is 0 Å². The summed E-state index contributed by atoms with van der Waals surface area (Å²) in [5, 5.41) is 0.769. The molecule has 8 heteroatoms. The van der Waals surface area contributed by atoms with Crippen molar-refractivity contribution >= 4 is 22.5 Å². The lowest BCUT2D eigenvalue weighted by Gasteiger charge is -2.14. The molecule has 0 spiro atoms. The molecule has 148 valence electrons. The fourth-order valence-corrected chi connectivity index (χ4v) is 3.60. The maximum Gasteiger partial charge on any atom is 0.156 e. The molecule has 0 radical (unpaired) electrons. The van der Waals surface area contributed by atoms with Crippen LogP contribution in [0.15, 0.2) is 42.5 Å². The summed E-state index contributed by atoms with van der Waals surface area (Å²) in [6.45, 7) is 1.68. The Labute approximate surface area is 170 Å². The number of imidazole rings is 1. The number of hydrogen-bond acceptors (Lipinski definition) is 4. The van der Waals surface area contributed by atoms with Crippen LogP contribution in [0.5, 0.6) is 11.5 Å². The molecule has 4 rings (SSSR count). The lowest BCUT2D eigenvalue weighted by atomic mass is 10.1. The van der Waals surface area contributed by atoms with E-state index in [0.717, 1.165) is 17.5 Å². The van der Waals surface area contributed by atoms with Crippen molar-refractivity contribution in [2.75, 3.05) is 14.2 Å². The second-order valence-corrected chi connectivity index (χ2v) is 6.66. The van der Waals surface area contributed by atoms with Gasteiger partial charge in [0.2, 0.25) is 0 Å². The first-order valence-corrected chi connectivity index (χ1v) is 9.04. The molecule has 0 amide bonds. The van der Waals surface area contributed by atoms with Gasteiger partial charge < -0.3 is 9.47 Å². The molecule has 5 nitrogen and oxygen atoms in total. The van der Waals surface area contributed by atoms with Crippen molar-refractivity contribution < 1.29 is 18.3 Å². The van der Waals surface area contributed by atoms with Gasteiger partial charge in [-0.1, -0.05) is 23.7 Å². The van der Waals surface area contributed by atoms with E-state index in [-0.39, 0.29) is 22.2 Å². The van der Waals surface area contributed by atoms with E-state index in [2.05, 4.69) is 9.97 Å². The lowest BCUT2D eigenvalue weighted by molar-refractivity contribution is 0.407. The second-order valence-electron chi connectivity index (χ2n) is 6.30. The van der Waals surface area contributed by atoms with Crippen molar-refractivity contribution in [1.82, 2.24) is 14.5 Å². The average molecular weight is 416 g/mol. The normalized spacial score (nSPS) is 11.1. The molecule has 2 aromatic carbocycles. The Bertz CT molecular complexity index is 1220. The number of ether oxygens (including phenoxy) is 2. The Balaban J connectivity index is 2.03. The maximum absolute atomic E-state index is 14.8. The number of pyridine rings is 1. The molecule has 0 saturated heterocycles. The third kappa shape index (κ3) is 3.17. The minimum Gasteiger partial charge on any atom is -0.497 e. The third-order valence-electron chi connectivity index (χ3n) is 4.60. The van der Waals surface area contributed by atoms with Gasteiger partial charge in [-0.25, -0.2) is 18.7 Å². The van der Waals surface area contributed by atoms with E-state index in [9.17, 15) is 8.78 Å². The highest BCUT2D eigenvalue weighted by atomic mass is 35.5. The van der Waals surface area contributed by atoms with Crippen LogP contribution in [0.25, 0.3) is 28.0 Å². The number of halogens is 3. The molecule has 2 heterocycles. The fourth-order valence-electron chi connectivity index (χ4n) is 3.30. The SMILES string of the molecule is COc1cc(F)c(-c2c(Cl)nc(C)n2-c2cc(OC)c3ccccc3n2)c(F)c1. The topological polar surface area (TPSA) is 49.2 Å². The summed E-state index contributed by atoms with van der Waals surface area (Å²) in [5.41, 5.74) is 0.407. The third-order valence-corrected chi connectivity index (χ3v) is 4.87. The Hall–Kier alpha value is -3.19. The maximum atomic E-state index is 14.8. The van der Waals surface area contributed by atoms with Gasteiger partial charge in [0.25, 0.3) is 0 Å². The van der Waals surface area contributed by atoms with E-state index >= 15 is 0 Å². The van der Waals surface area contributed by atoms with Crippen LogP contribution in [0, 0.1) is 18.6 Å². The van der Waals surface area contributed by atoms with Crippen LogP contribution in [-0.4, -0.2) is 28.8 Å². The molecule has 0 atom stereocenters. The van der Waals surface area contributed by atoms with E-state index in [4.69, 9.17) is 21.1 Å². The predicted molar refractivity (Wildman–Crippen MR) is 107 cm³/mol. The van der Waals surface area contributed by atoms with Crippen molar-refractivity contribution in [3.8, 4) is 28.6 Å². The van der Waals surface area contributed by atoms with E-state index in [1.165, 1.54) is 11.7 Å². The number of nitrogens with zero attached hydrogens (tertiary/aromatic N) is 3. The number of aromatic nitrogens is 3. The molecule has 0 bridgehead atoms. The highest BCUT2D eigenvalue weighted by molar-refractivity contribution is 6.32. The average Bonchev–Trinajstić information content (AvgIpc) is 3.00. The standard InChI is InChI=1S/C21H16ClF2N3O2/c1-11-25-21(22)20(19-14(23)8-12(28-2)9-15(19)24)27(11)18-10-17(29-3)13-6-4-5-7-16(13)26-18/h4-10H,1-3H3. The van der Waals surface area contributed by atoms with Crippen molar-refractivity contribution in [2.24, 2.45) is 0 Å². The van der Waals surface area contributed by atoms with Crippen LogP contribution in [0.3, 0.4) is 0 Å². The number of hydrogen-bond donors (Lipinski definition) is 0. The smallest absolute Gasteiger partial charge is 0.156 e. The van der Waals surface area contributed by atoms with Crippen molar-refractivity contribution in [3.63, 3.8) is 0 Å². The zero-order valence-corrected chi connectivity index (χ0v) is 16.6. The van der Waals surface area contributed by atoms with E-state index in [1.54, 1.807) is 20.1 Å². The summed E-state index contributed by atoms with van der Waals surface area (Å²) in [5.74, 6) is -0.216. The van der Waals surface area contributed by atoms with E-state index in [0.29, 0.717) is 22.9 Å². The highest BCUT2D eigenvalue weighted by Crippen LogP contribution is 2.37. The minimum absolute atomic E-state index is 0.0422. The molecular weight excluding hydrogens is 400 g/mol. The fraction of sp³-hybridized carbons (Fsp3) is 0.143.